The van der Waals surface area contributed by atoms with Gasteiger partial charge in [-0.15, -0.1) is 0 Å². The van der Waals surface area contributed by atoms with Crippen LogP contribution >= 0.6 is 23.8 Å². The van der Waals surface area contributed by atoms with Gasteiger partial charge < -0.3 is 29.2 Å². The number of fused-ring (bicyclic) bond motifs is 1. The largest absolute Gasteiger partial charge is 0.493 e. The predicted molar refractivity (Wildman–Crippen MR) is 144 cm³/mol. The molecule has 1 heterocycles. The molecule has 35 heavy (non-hydrogen) atoms. The SMILES string of the molecule is COc1ccc(C[C@@H]2c3cc(OC)c(OC)cc3CCN2C(=S)Nc2ccc(Cl)cc2)cc1OC. The van der Waals surface area contributed by atoms with E-state index in [1.807, 2.05) is 36.4 Å². The number of thiocarbonyl (C=S) groups is 1. The highest BCUT2D eigenvalue weighted by Crippen LogP contribution is 2.40. The van der Waals surface area contributed by atoms with Crippen LogP contribution in [0, 0.1) is 0 Å². The molecule has 0 saturated heterocycles. The Balaban J connectivity index is 1.71. The van der Waals surface area contributed by atoms with Gasteiger partial charge in [0.2, 0.25) is 0 Å². The van der Waals surface area contributed by atoms with Gasteiger partial charge in [0.15, 0.2) is 28.1 Å². The lowest BCUT2D eigenvalue weighted by Crippen LogP contribution is -2.43. The second kappa shape index (κ2) is 11.1. The van der Waals surface area contributed by atoms with Gasteiger partial charge in [-0.25, -0.2) is 0 Å². The molecule has 3 aromatic carbocycles. The highest BCUT2D eigenvalue weighted by Gasteiger charge is 2.31. The maximum Gasteiger partial charge on any atom is 0.173 e. The van der Waals surface area contributed by atoms with E-state index in [0.29, 0.717) is 33.8 Å². The van der Waals surface area contributed by atoms with Gasteiger partial charge in [0.25, 0.3) is 0 Å². The van der Waals surface area contributed by atoms with Gasteiger partial charge in [-0.05, 0) is 90.3 Å². The molecule has 1 aliphatic heterocycles. The second-order valence-corrected chi connectivity index (χ2v) is 9.02. The third kappa shape index (κ3) is 5.41. The van der Waals surface area contributed by atoms with Crippen molar-refractivity contribution < 1.29 is 18.9 Å². The maximum atomic E-state index is 6.05. The molecule has 0 spiro atoms. The molecule has 0 amide bonds. The van der Waals surface area contributed by atoms with E-state index in [0.717, 1.165) is 35.5 Å². The summed E-state index contributed by atoms with van der Waals surface area (Å²) < 4.78 is 22.1. The first-order valence-electron chi connectivity index (χ1n) is 11.3. The van der Waals surface area contributed by atoms with E-state index in [9.17, 15) is 0 Å². The molecule has 0 radical (unpaired) electrons. The van der Waals surface area contributed by atoms with Crippen molar-refractivity contribution in [1.82, 2.24) is 4.90 Å². The number of anilines is 1. The van der Waals surface area contributed by atoms with E-state index in [1.165, 1.54) is 5.56 Å². The average molecular weight is 513 g/mol. The van der Waals surface area contributed by atoms with E-state index in [4.69, 9.17) is 42.8 Å². The van der Waals surface area contributed by atoms with Gasteiger partial charge in [0, 0.05) is 17.3 Å². The lowest BCUT2D eigenvalue weighted by molar-refractivity contribution is 0.295. The zero-order chi connectivity index (χ0) is 24.9. The van der Waals surface area contributed by atoms with Crippen LogP contribution in [-0.2, 0) is 12.8 Å². The average Bonchev–Trinajstić information content (AvgIpc) is 2.89. The van der Waals surface area contributed by atoms with Crippen LogP contribution in [0.25, 0.3) is 0 Å². The first-order valence-corrected chi connectivity index (χ1v) is 12.0. The van der Waals surface area contributed by atoms with Crippen molar-refractivity contribution in [2.24, 2.45) is 0 Å². The van der Waals surface area contributed by atoms with Gasteiger partial charge in [-0.2, -0.15) is 0 Å². The normalized spacial score (nSPS) is 14.7. The van der Waals surface area contributed by atoms with Crippen molar-refractivity contribution in [3.8, 4) is 23.0 Å². The van der Waals surface area contributed by atoms with Crippen molar-refractivity contribution in [3.05, 3.63) is 76.3 Å². The summed E-state index contributed by atoms with van der Waals surface area (Å²) in [5.41, 5.74) is 4.37. The summed E-state index contributed by atoms with van der Waals surface area (Å²) in [5, 5.41) is 4.71. The fourth-order valence-corrected chi connectivity index (χ4v) is 4.91. The minimum absolute atomic E-state index is 0.0241. The first kappa shape index (κ1) is 24.9. The Labute approximate surface area is 216 Å². The van der Waals surface area contributed by atoms with Crippen LogP contribution in [0.3, 0.4) is 0 Å². The highest BCUT2D eigenvalue weighted by molar-refractivity contribution is 7.80. The van der Waals surface area contributed by atoms with Crippen LogP contribution in [0.4, 0.5) is 5.69 Å². The molecule has 6 nitrogen and oxygen atoms in total. The van der Waals surface area contributed by atoms with Crippen molar-refractivity contribution in [2.75, 3.05) is 40.3 Å². The van der Waals surface area contributed by atoms with Crippen LogP contribution in [0.5, 0.6) is 23.0 Å². The van der Waals surface area contributed by atoms with Crippen LogP contribution in [0.15, 0.2) is 54.6 Å². The number of benzene rings is 3. The summed E-state index contributed by atoms with van der Waals surface area (Å²) in [7, 11) is 6.59. The second-order valence-electron chi connectivity index (χ2n) is 8.20. The van der Waals surface area contributed by atoms with Crippen molar-refractivity contribution in [3.63, 3.8) is 0 Å². The van der Waals surface area contributed by atoms with Gasteiger partial charge in [0.05, 0.1) is 34.5 Å². The summed E-state index contributed by atoms with van der Waals surface area (Å²) in [5.74, 6) is 2.82. The Kier molecular flexibility index (Phi) is 7.88. The summed E-state index contributed by atoms with van der Waals surface area (Å²) in [4.78, 5) is 2.23. The number of nitrogens with zero attached hydrogens (tertiary/aromatic N) is 1. The third-order valence-electron chi connectivity index (χ3n) is 6.24. The van der Waals surface area contributed by atoms with E-state index >= 15 is 0 Å². The molecule has 0 saturated carbocycles. The first-order chi connectivity index (χ1) is 17.0. The highest BCUT2D eigenvalue weighted by atomic mass is 35.5. The van der Waals surface area contributed by atoms with Crippen molar-refractivity contribution in [2.45, 2.75) is 18.9 Å². The topological polar surface area (TPSA) is 52.2 Å². The quantitative estimate of drug-likeness (QED) is 0.395. The minimum Gasteiger partial charge on any atom is -0.493 e. The molecule has 0 bridgehead atoms. The fraction of sp³-hybridized carbons (Fsp3) is 0.296. The van der Waals surface area contributed by atoms with Crippen molar-refractivity contribution in [1.29, 1.82) is 0 Å². The number of methoxy groups -OCH3 is 4. The van der Waals surface area contributed by atoms with E-state index in [-0.39, 0.29) is 6.04 Å². The lowest BCUT2D eigenvalue weighted by Gasteiger charge is -2.39. The standard InChI is InChI=1S/C27H29ClN2O4S/c1-31-23-10-5-17(14-24(23)32-2)13-22-21-16-26(34-4)25(33-3)15-18(21)11-12-30(22)27(35)29-20-8-6-19(28)7-9-20/h5-10,14-16,22H,11-13H2,1-4H3,(H,29,35)/t22-/m1/s1. The molecule has 8 heteroatoms. The number of hydrogen-bond acceptors (Lipinski definition) is 5. The number of halogens is 1. The predicted octanol–water partition coefficient (Wildman–Crippen LogP) is 5.91. The zero-order valence-corrected chi connectivity index (χ0v) is 21.8. The number of nitrogens with one attached hydrogen (secondary N) is 1. The zero-order valence-electron chi connectivity index (χ0n) is 20.3. The number of hydrogen-bond donors (Lipinski definition) is 1. The molecule has 4 rings (SSSR count). The Morgan fingerprint density at radius 2 is 1.51 bits per heavy atom. The Morgan fingerprint density at radius 3 is 2.17 bits per heavy atom. The van der Waals surface area contributed by atoms with E-state index < -0.39 is 0 Å². The summed E-state index contributed by atoms with van der Waals surface area (Å²) in [6, 6.07) is 17.6. The third-order valence-corrected chi connectivity index (χ3v) is 6.82. The Morgan fingerprint density at radius 1 is 0.886 bits per heavy atom. The Hall–Kier alpha value is -3.16. The summed E-state index contributed by atoms with van der Waals surface area (Å²) in [6.45, 7) is 0.764. The molecule has 1 N–H and O–H groups in total. The van der Waals surface area contributed by atoms with Crippen LogP contribution < -0.4 is 24.3 Å². The molecule has 0 aliphatic carbocycles. The molecule has 0 fully saturated rings. The molecule has 0 unspecified atom stereocenters. The van der Waals surface area contributed by atoms with E-state index in [1.54, 1.807) is 28.4 Å². The van der Waals surface area contributed by atoms with Gasteiger partial charge in [-0.1, -0.05) is 17.7 Å². The monoisotopic (exact) mass is 512 g/mol. The van der Waals surface area contributed by atoms with Crippen LogP contribution in [0.2, 0.25) is 5.02 Å². The molecule has 0 aromatic heterocycles. The fourth-order valence-electron chi connectivity index (χ4n) is 4.45. The van der Waals surface area contributed by atoms with E-state index in [2.05, 4.69) is 28.4 Å². The molecule has 3 aromatic rings. The van der Waals surface area contributed by atoms with Crippen LogP contribution in [0.1, 0.15) is 22.7 Å². The molecule has 1 atom stereocenters. The maximum absolute atomic E-state index is 6.05. The molecule has 184 valence electrons. The number of ether oxygens (including phenoxy) is 4. The summed E-state index contributed by atoms with van der Waals surface area (Å²) in [6.07, 6.45) is 1.55. The van der Waals surface area contributed by atoms with Crippen LogP contribution in [-0.4, -0.2) is 45.0 Å². The smallest absolute Gasteiger partial charge is 0.173 e. The number of rotatable bonds is 7. The van der Waals surface area contributed by atoms with Gasteiger partial charge in [0.1, 0.15) is 0 Å². The molecule has 1 aliphatic rings. The lowest BCUT2D eigenvalue weighted by atomic mass is 9.88. The molecular weight excluding hydrogens is 484 g/mol. The van der Waals surface area contributed by atoms with Gasteiger partial charge in [-0.3, -0.25) is 0 Å². The summed E-state index contributed by atoms with van der Waals surface area (Å²) >= 11 is 11.9. The minimum atomic E-state index is -0.0241. The molecular formula is C27H29ClN2O4S. The van der Waals surface area contributed by atoms with Crippen molar-refractivity contribution >= 4 is 34.6 Å². The van der Waals surface area contributed by atoms with Gasteiger partial charge >= 0.3 is 0 Å². The Bertz CT molecular complexity index is 1200.